The van der Waals surface area contributed by atoms with E-state index in [4.69, 9.17) is 66.6 Å². The number of nitrogens with zero attached hydrogens (tertiary/aromatic N) is 4. The quantitative estimate of drug-likeness (QED) is 0.0328. The van der Waals surface area contributed by atoms with Crippen LogP contribution in [0, 0.1) is 5.92 Å². The van der Waals surface area contributed by atoms with Crippen molar-refractivity contribution in [3.05, 3.63) is 174 Å². The van der Waals surface area contributed by atoms with Crippen LogP contribution < -0.4 is 45.1 Å². The molecule has 0 aromatic heterocycles. The number of ether oxygens (including phenoxy) is 13. The summed E-state index contributed by atoms with van der Waals surface area (Å²) in [4.78, 5) is 76.6. The summed E-state index contributed by atoms with van der Waals surface area (Å²) < 4.78 is 74.6. The fraction of sp³-hybridized carbons (Fsp3) is 0.476. The van der Waals surface area contributed by atoms with Gasteiger partial charge >= 0.3 is 6.09 Å². The number of hydrogen-bond donors (Lipinski definition) is 5. The summed E-state index contributed by atoms with van der Waals surface area (Å²) in [6.45, 7) is 24.9. The predicted octanol–water partition coefficient (Wildman–Crippen LogP) is 10.8. The number of aliphatic hydroxyl groups excluding tert-OH is 1. The van der Waals surface area contributed by atoms with Gasteiger partial charge in [-0.05, 0) is 94.2 Å². The number of allylic oxidation sites excluding steroid dienone is 11. The van der Waals surface area contributed by atoms with Gasteiger partial charge in [0.25, 0.3) is 0 Å². The number of amides is 5. The highest BCUT2D eigenvalue weighted by Crippen LogP contribution is 2.47. The summed E-state index contributed by atoms with van der Waals surface area (Å²) in [6, 6.07) is 11.6. The van der Waals surface area contributed by atoms with Gasteiger partial charge in [-0.15, -0.1) is 0 Å². The molecule has 27 nitrogen and oxygen atoms in total. The molecule has 0 spiro atoms. The van der Waals surface area contributed by atoms with Gasteiger partial charge in [-0.25, -0.2) is 9.69 Å². The Balaban J connectivity index is 0.639. The van der Waals surface area contributed by atoms with E-state index in [9.17, 15) is 29.1 Å². The fourth-order valence-corrected chi connectivity index (χ4v) is 12.3. The van der Waals surface area contributed by atoms with Crippen molar-refractivity contribution in [2.45, 2.75) is 117 Å². The van der Waals surface area contributed by atoms with Gasteiger partial charge in [-0.1, -0.05) is 117 Å². The summed E-state index contributed by atoms with van der Waals surface area (Å²) in [6.07, 6.45) is 28.8. The first-order valence-corrected chi connectivity index (χ1v) is 38.0. The molecule has 0 radical (unpaired) electrons. The van der Waals surface area contributed by atoms with Gasteiger partial charge in [0.2, 0.25) is 23.6 Å². The van der Waals surface area contributed by atoms with Crippen molar-refractivity contribution >= 4 is 64.4 Å². The van der Waals surface area contributed by atoms with Crippen LogP contribution >= 0.6 is 0 Å². The number of benzene rings is 3. The molecule has 3 aromatic rings. The SMILES string of the molecule is C=C1c2cc(OC)c(OCCCCCOc3cc4c(cc3OC)C(=C)N3C=C(C)C[C@H]3[C@H](O)N4C(=O)OCc3ccc(NC(=O)[C@H](C)NC(=O)[C@@H](NC(=O)CCOCCOCCOCCOCCOCCOCCOCCOCCNC(=O)CC4=C\C=C/C=C\C=C/C=C\C=C4)C(C)C)cc3)cc2N=C[C@@H]2CC(C)=CN12. The Morgan fingerprint density at radius 1 is 0.568 bits per heavy atom. The first-order chi connectivity index (χ1) is 53.9. The molecule has 5 N–H and O–H groups in total. The Labute approximate surface area is 652 Å². The average Bonchev–Trinajstić information content (AvgIpc) is 1.62. The number of hydrogen-bond acceptors (Lipinski definition) is 22. The minimum Gasteiger partial charge on any atom is -0.493 e. The first kappa shape index (κ1) is 86.9. The van der Waals surface area contributed by atoms with Crippen LogP contribution in [0.5, 0.6) is 23.0 Å². The Morgan fingerprint density at radius 3 is 1.68 bits per heavy atom. The molecular formula is C84H112N8O19. The summed E-state index contributed by atoms with van der Waals surface area (Å²) in [5.74, 6) is 0.196. The third kappa shape index (κ3) is 28.5. The molecule has 0 saturated carbocycles. The number of aliphatic hydroxyl groups is 1. The maximum absolute atomic E-state index is 14.4. The number of aliphatic imine (C=N–C) groups is 1. The Bertz CT molecular complexity index is 3840. The number of nitrogens with one attached hydrogen (secondary N) is 4. The summed E-state index contributed by atoms with van der Waals surface area (Å²) >= 11 is 0. The lowest BCUT2D eigenvalue weighted by atomic mass is 10.0. The molecule has 8 rings (SSSR count). The summed E-state index contributed by atoms with van der Waals surface area (Å²) in [5, 5.41) is 23.3. The van der Waals surface area contributed by atoms with Crippen molar-refractivity contribution in [2.75, 3.05) is 150 Å². The number of carbonyl (C=O) groups excluding carboxylic acids is 5. The zero-order valence-electron chi connectivity index (χ0n) is 65.3. The molecule has 0 fully saturated rings. The number of fused-ring (bicyclic) bond motifs is 4. The van der Waals surface area contributed by atoms with E-state index in [-0.39, 0.29) is 56.4 Å². The topological polar surface area (TPSA) is 296 Å². The van der Waals surface area contributed by atoms with Crippen LogP contribution in [-0.4, -0.2) is 221 Å². The number of anilines is 2. The zero-order chi connectivity index (χ0) is 79.1. The third-order valence-electron chi connectivity index (χ3n) is 18.2. The van der Waals surface area contributed by atoms with Gasteiger partial charge in [-0.3, -0.25) is 24.2 Å². The van der Waals surface area contributed by atoms with Gasteiger partial charge in [0.05, 0.1) is 163 Å². The monoisotopic (exact) mass is 1540 g/mol. The Morgan fingerprint density at radius 2 is 1.09 bits per heavy atom. The van der Waals surface area contributed by atoms with Crippen LogP contribution in [-0.2, 0) is 68.4 Å². The van der Waals surface area contributed by atoms with E-state index in [0.717, 1.165) is 47.4 Å². The van der Waals surface area contributed by atoms with Crippen LogP contribution in [0.25, 0.3) is 11.4 Å². The van der Waals surface area contributed by atoms with Crippen molar-refractivity contribution in [1.82, 2.24) is 25.8 Å². The largest absolute Gasteiger partial charge is 0.493 e. The standard InChI is InChI=1S/C84H112N8O19/c1-59(2)80(89-78(93)28-32-101-34-36-103-38-40-105-42-44-107-46-47-108-45-43-106-41-39-104-37-35-102-33-29-85-79(94)50-65-22-18-15-13-11-10-12-14-16-19-23-65)82(96)87-62(5)81(95)88-67-26-24-66(25-27-67)58-111-84(98)92-72-54-77(75(100-9)52-70(72)64(7)91-57-61(4)49-73(91)83(92)97)110-31-21-17-20-30-109-76-53-71-69(51-74(76)99-8)63(6)90-56-60(3)48-68(90)55-86-71/h10-16,18-19,22-27,51-57,59,62,68,73,80,83,97H,6-7,17,20-21,28-50,58H2,1-5,8-9H3,(H,85,94)(H,87,96)(H,88,95)(H,89,93)/b11-10-,12-10?,13-11?,14-12-,15-13-,16-14?,18-15?,19-16-,22-18?,23-19?,65-22?,65-23?/t62-,68-,73-,80-,83-/m0/s1. The zero-order valence-corrected chi connectivity index (χ0v) is 65.3. The summed E-state index contributed by atoms with van der Waals surface area (Å²) in [5.41, 5.74) is 8.14. The number of rotatable bonds is 47. The van der Waals surface area contributed by atoms with Crippen LogP contribution in [0.1, 0.15) is 96.3 Å². The average molecular weight is 1540 g/mol. The van der Waals surface area contributed by atoms with Gasteiger partial charge in [0.1, 0.15) is 18.7 Å². The van der Waals surface area contributed by atoms with Gasteiger partial charge in [0, 0.05) is 71.9 Å². The second-order valence-electron chi connectivity index (χ2n) is 27.1. The normalized spacial score (nSPS) is 18.0. The Kier molecular flexibility index (Phi) is 37.2. The number of unbranched alkanes of at least 4 members (excludes halogenated alkanes) is 2. The molecule has 5 aliphatic rings. The second-order valence-corrected chi connectivity index (χ2v) is 27.1. The molecule has 5 amide bonds. The molecule has 5 atom stereocenters. The van der Waals surface area contributed by atoms with E-state index in [1.807, 2.05) is 103 Å². The highest BCUT2D eigenvalue weighted by atomic mass is 16.6. The smallest absolute Gasteiger partial charge is 0.416 e. The lowest BCUT2D eigenvalue weighted by molar-refractivity contribution is -0.132. The van der Waals surface area contributed by atoms with E-state index in [2.05, 4.69) is 52.4 Å². The highest BCUT2D eigenvalue weighted by molar-refractivity contribution is 5.98. The lowest BCUT2D eigenvalue weighted by Crippen LogP contribution is -2.53. The van der Waals surface area contributed by atoms with Crippen molar-refractivity contribution < 1.29 is 90.7 Å². The van der Waals surface area contributed by atoms with E-state index in [0.29, 0.717) is 176 Å². The molecule has 0 saturated heterocycles. The maximum Gasteiger partial charge on any atom is 0.416 e. The molecule has 602 valence electrons. The minimum absolute atomic E-state index is 0.00465. The predicted molar refractivity (Wildman–Crippen MR) is 426 cm³/mol. The maximum atomic E-state index is 14.4. The van der Waals surface area contributed by atoms with E-state index >= 15 is 0 Å². The molecule has 27 heteroatoms. The molecule has 4 aliphatic heterocycles. The van der Waals surface area contributed by atoms with Crippen molar-refractivity contribution in [3.8, 4) is 23.0 Å². The third-order valence-corrected chi connectivity index (χ3v) is 18.2. The van der Waals surface area contributed by atoms with Crippen molar-refractivity contribution in [1.29, 1.82) is 0 Å². The van der Waals surface area contributed by atoms with Crippen LogP contribution in [0.4, 0.5) is 21.9 Å². The molecule has 3 aromatic carbocycles. The molecular weight excluding hydrogens is 1420 g/mol. The van der Waals surface area contributed by atoms with Crippen molar-refractivity contribution in [2.24, 2.45) is 10.9 Å². The number of methoxy groups -OCH3 is 2. The highest BCUT2D eigenvalue weighted by Gasteiger charge is 2.43. The van der Waals surface area contributed by atoms with Crippen LogP contribution in [0.15, 0.2) is 163 Å². The van der Waals surface area contributed by atoms with Crippen molar-refractivity contribution in [3.63, 3.8) is 0 Å². The molecule has 4 heterocycles. The van der Waals surface area contributed by atoms with E-state index < -0.39 is 42.3 Å². The van der Waals surface area contributed by atoms with Gasteiger partial charge < -0.3 is 97.8 Å². The van der Waals surface area contributed by atoms with E-state index in [1.54, 1.807) is 64.3 Å². The van der Waals surface area contributed by atoms with Crippen LogP contribution in [0.2, 0.25) is 0 Å². The number of carbonyl (C=O) groups is 5. The molecule has 0 unspecified atom stereocenters. The molecule has 111 heavy (non-hydrogen) atoms. The van der Waals surface area contributed by atoms with Gasteiger partial charge in [0.15, 0.2) is 29.2 Å². The molecule has 0 bridgehead atoms. The lowest BCUT2D eigenvalue weighted by Gasteiger charge is -2.32. The van der Waals surface area contributed by atoms with Crippen LogP contribution in [0.3, 0.4) is 0 Å². The second kappa shape index (κ2) is 47.5. The fourth-order valence-electron chi connectivity index (χ4n) is 12.3. The molecule has 1 aliphatic carbocycles. The van der Waals surface area contributed by atoms with E-state index in [1.165, 1.54) is 17.6 Å². The summed E-state index contributed by atoms with van der Waals surface area (Å²) in [7, 11) is 3.16. The Hall–Kier alpha value is -9.68. The first-order valence-electron chi connectivity index (χ1n) is 38.0. The minimum atomic E-state index is -1.35. The van der Waals surface area contributed by atoms with Gasteiger partial charge in [-0.2, -0.15) is 0 Å².